The Kier molecular flexibility index (Phi) is 4.00. The molecule has 1 heterocycles. The van der Waals surface area contributed by atoms with Crippen LogP contribution >= 0.6 is 0 Å². The normalized spacial score (nSPS) is 15.6. The summed E-state index contributed by atoms with van der Waals surface area (Å²) in [5.74, 6) is 1.68. The Morgan fingerprint density at radius 2 is 2.18 bits per heavy atom. The molecule has 0 bridgehead atoms. The third kappa shape index (κ3) is 3.70. The van der Waals surface area contributed by atoms with Gasteiger partial charge in [-0.2, -0.15) is 0 Å². The molecule has 0 unspecified atom stereocenters. The van der Waals surface area contributed by atoms with Crippen molar-refractivity contribution in [1.29, 1.82) is 0 Å². The van der Waals surface area contributed by atoms with Gasteiger partial charge in [0.1, 0.15) is 5.82 Å². The second-order valence-corrected chi connectivity index (χ2v) is 5.36. The Morgan fingerprint density at radius 1 is 1.41 bits per heavy atom. The molecule has 1 aliphatic rings. The quantitative estimate of drug-likeness (QED) is 0.819. The third-order valence-corrected chi connectivity index (χ3v) is 3.13. The van der Waals surface area contributed by atoms with Crippen LogP contribution in [0.1, 0.15) is 32.3 Å². The van der Waals surface area contributed by atoms with Crippen molar-refractivity contribution in [1.82, 2.24) is 9.88 Å². The lowest BCUT2D eigenvalue weighted by Gasteiger charge is -2.24. The number of hydrogen-bond donors (Lipinski definition) is 1. The minimum atomic E-state index is 0.736. The number of hydrogen-bond acceptors (Lipinski definition) is 3. The van der Waals surface area contributed by atoms with Crippen LogP contribution in [-0.4, -0.2) is 29.5 Å². The molecule has 2 rings (SSSR count). The number of nitrogens with one attached hydrogen (secondary N) is 1. The summed E-state index contributed by atoms with van der Waals surface area (Å²) in [5.41, 5.74) is 1.32. The molecule has 0 atom stereocenters. The summed E-state index contributed by atoms with van der Waals surface area (Å²) in [6, 6.07) is 5.05. The fraction of sp³-hybridized carbons (Fsp3) is 0.643. The highest BCUT2D eigenvalue weighted by atomic mass is 15.2. The molecule has 1 fully saturated rings. The van der Waals surface area contributed by atoms with Gasteiger partial charge in [-0.25, -0.2) is 4.98 Å². The number of pyridine rings is 1. The van der Waals surface area contributed by atoms with Crippen LogP contribution in [0, 0.1) is 5.92 Å². The van der Waals surface area contributed by atoms with Crippen molar-refractivity contribution in [3.63, 3.8) is 0 Å². The van der Waals surface area contributed by atoms with E-state index in [9.17, 15) is 0 Å². The average Bonchev–Trinajstić information content (AvgIpc) is 3.12. The molecule has 1 aromatic rings. The Labute approximate surface area is 104 Å². The molecule has 94 valence electrons. The van der Waals surface area contributed by atoms with E-state index in [0.29, 0.717) is 0 Å². The first-order chi connectivity index (χ1) is 8.19. The second kappa shape index (κ2) is 5.50. The van der Waals surface area contributed by atoms with Gasteiger partial charge in [-0.15, -0.1) is 0 Å². The van der Waals surface area contributed by atoms with Crippen molar-refractivity contribution >= 4 is 5.82 Å². The van der Waals surface area contributed by atoms with E-state index in [2.05, 4.69) is 41.2 Å². The van der Waals surface area contributed by atoms with Gasteiger partial charge in [-0.1, -0.05) is 19.9 Å². The lowest BCUT2D eigenvalue weighted by Crippen LogP contribution is -2.29. The maximum atomic E-state index is 4.37. The van der Waals surface area contributed by atoms with Crippen LogP contribution in [0.5, 0.6) is 0 Å². The molecule has 0 aromatic carbocycles. The summed E-state index contributed by atoms with van der Waals surface area (Å²) in [4.78, 5) is 6.97. The van der Waals surface area contributed by atoms with E-state index in [4.69, 9.17) is 0 Å². The monoisotopic (exact) mass is 233 g/mol. The van der Waals surface area contributed by atoms with E-state index in [-0.39, 0.29) is 0 Å². The first-order valence-electron chi connectivity index (χ1n) is 6.55. The molecule has 1 aliphatic carbocycles. The summed E-state index contributed by atoms with van der Waals surface area (Å²) < 4.78 is 0. The van der Waals surface area contributed by atoms with E-state index in [0.717, 1.165) is 24.3 Å². The number of aromatic nitrogens is 1. The molecule has 0 saturated heterocycles. The van der Waals surface area contributed by atoms with E-state index in [1.165, 1.54) is 24.9 Å². The third-order valence-electron chi connectivity index (χ3n) is 3.13. The fourth-order valence-electron chi connectivity index (χ4n) is 2.15. The smallest absolute Gasteiger partial charge is 0.125 e. The molecule has 3 nitrogen and oxygen atoms in total. The Bertz CT molecular complexity index is 341. The zero-order valence-corrected chi connectivity index (χ0v) is 11.1. The predicted octanol–water partition coefficient (Wildman–Crippen LogP) is 2.74. The first-order valence-corrected chi connectivity index (χ1v) is 6.55. The molecule has 17 heavy (non-hydrogen) atoms. The highest BCUT2D eigenvalue weighted by Gasteiger charge is 2.29. The second-order valence-electron chi connectivity index (χ2n) is 5.36. The SMILES string of the molecule is CNc1ccc(CN(CC(C)C)C2CC2)cn1. The van der Waals surface area contributed by atoms with Crippen molar-refractivity contribution in [3.05, 3.63) is 23.9 Å². The largest absolute Gasteiger partial charge is 0.373 e. The highest BCUT2D eigenvalue weighted by molar-refractivity contribution is 5.34. The number of nitrogens with zero attached hydrogens (tertiary/aromatic N) is 2. The molecular weight excluding hydrogens is 210 g/mol. The zero-order valence-electron chi connectivity index (χ0n) is 11.1. The minimum Gasteiger partial charge on any atom is -0.373 e. The van der Waals surface area contributed by atoms with Gasteiger partial charge in [-0.3, -0.25) is 4.90 Å². The molecule has 0 aliphatic heterocycles. The van der Waals surface area contributed by atoms with E-state index in [1.54, 1.807) is 0 Å². The number of anilines is 1. The van der Waals surface area contributed by atoms with Crippen molar-refractivity contribution in [2.75, 3.05) is 18.9 Å². The van der Waals surface area contributed by atoms with Crippen molar-refractivity contribution in [2.24, 2.45) is 5.92 Å². The van der Waals surface area contributed by atoms with Crippen molar-refractivity contribution < 1.29 is 0 Å². The molecule has 0 spiro atoms. The Hall–Kier alpha value is -1.09. The van der Waals surface area contributed by atoms with Gasteiger partial charge in [0.2, 0.25) is 0 Å². The standard InChI is InChI=1S/C14H23N3/c1-11(2)9-17(13-5-6-13)10-12-4-7-14(15-3)16-8-12/h4,7-8,11,13H,5-6,9-10H2,1-3H3,(H,15,16). The zero-order chi connectivity index (χ0) is 12.3. The van der Waals surface area contributed by atoms with Gasteiger partial charge < -0.3 is 5.32 Å². The van der Waals surface area contributed by atoms with E-state index >= 15 is 0 Å². The van der Waals surface area contributed by atoms with Gasteiger partial charge in [0.25, 0.3) is 0 Å². The van der Waals surface area contributed by atoms with Crippen LogP contribution in [0.15, 0.2) is 18.3 Å². The van der Waals surface area contributed by atoms with Crippen LogP contribution in [0.4, 0.5) is 5.82 Å². The van der Waals surface area contributed by atoms with Crippen LogP contribution in [-0.2, 0) is 6.54 Å². The molecule has 1 N–H and O–H groups in total. The van der Waals surface area contributed by atoms with Gasteiger partial charge in [0.05, 0.1) is 0 Å². The maximum Gasteiger partial charge on any atom is 0.125 e. The van der Waals surface area contributed by atoms with Gasteiger partial charge in [-0.05, 0) is 30.4 Å². The first kappa shape index (κ1) is 12.4. The number of rotatable bonds is 6. The van der Waals surface area contributed by atoms with Crippen LogP contribution in [0.25, 0.3) is 0 Å². The van der Waals surface area contributed by atoms with Gasteiger partial charge in [0.15, 0.2) is 0 Å². The summed E-state index contributed by atoms with van der Waals surface area (Å²) in [7, 11) is 1.90. The van der Waals surface area contributed by atoms with Crippen LogP contribution in [0.2, 0.25) is 0 Å². The van der Waals surface area contributed by atoms with Crippen LogP contribution in [0.3, 0.4) is 0 Å². The minimum absolute atomic E-state index is 0.736. The van der Waals surface area contributed by atoms with E-state index in [1.807, 2.05) is 13.2 Å². The predicted molar refractivity (Wildman–Crippen MR) is 72.1 cm³/mol. The molecule has 3 heteroatoms. The molecule has 1 aromatic heterocycles. The summed E-state index contributed by atoms with van der Waals surface area (Å²) in [6.07, 6.45) is 4.73. The van der Waals surface area contributed by atoms with E-state index < -0.39 is 0 Å². The fourth-order valence-corrected chi connectivity index (χ4v) is 2.15. The van der Waals surface area contributed by atoms with Gasteiger partial charge in [0, 0.05) is 32.4 Å². The molecular formula is C14H23N3. The lowest BCUT2D eigenvalue weighted by atomic mass is 10.2. The van der Waals surface area contributed by atoms with Gasteiger partial charge >= 0.3 is 0 Å². The summed E-state index contributed by atoms with van der Waals surface area (Å²) in [6.45, 7) is 6.81. The molecule has 0 amide bonds. The summed E-state index contributed by atoms with van der Waals surface area (Å²) in [5, 5.41) is 3.05. The highest BCUT2D eigenvalue weighted by Crippen LogP contribution is 2.28. The van der Waals surface area contributed by atoms with Crippen LogP contribution < -0.4 is 5.32 Å². The average molecular weight is 233 g/mol. The lowest BCUT2D eigenvalue weighted by molar-refractivity contribution is 0.226. The van der Waals surface area contributed by atoms with Crippen molar-refractivity contribution in [3.8, 4) is 0 Å². The van der Waals surface area contributed by atoms with Crippen molar-refractivity contribution in [2.45, 2.75) is 39.3 Å². The summed E-state index contributed by atoms with van der Waals surface area (Å²) >= 11 is 0. The topological polar surface area (TPSA) is 28.2 Å². The molecule has 0 radical (unpaired) electrons. The Morgan fingerprint density at radius 3 is 2.65 bits per heavy atom. The maximum absolute atomic E-state index is 4.37. The molecule has 1 saturated carbocycles. The Balaban J connectivity index is 1.96.